The molecule has 24 heavy (non-hydrogen) atoms. The summed E-state index contributed by atoms with van der Waals surface area (Å²) < 4.78 is 5.23. The maximum Gasteiger partial charge on any atom is 0.325 e. The average Bonchev–Trinajstić information content (AvgIpc) is 3.16. The number of thiophene rings is 1. The largest absolute Gasteiger partial charge is 0.378 e. The van der Waals surface area contributed by atoms with Crippen molar-refractivity contribution in [1.29, 1.82) is 0 Å². The number of fused-ring (bicyclic) bond motifs is 2. The van der Waals surface area contributed by atoms with E-state index in [-0.39, 0.29) is 18.4 Å². The highest BCUT2D eigenvalue weighted by Gasteiger charge is 2.54. The second-order valence-corrected chi connectivity index (χ2v) is 7.33. The van der Waals surface area contributed by atoms with Crippen molar-refractivity contribution in [2.45, 2.75) is 24.8 Å². The first-order valence-electron chi connectivity index (χ1n) is 8.18. The zero-order valence-electron chi connectivity index (χ0n) is 13.2. The lowest BCUT2D eigenvalue weighted by molar-refractivity contribution is -0.141. The average molecular weight is 349 g/mol. The molecule has 0 radical (unpaired) electrons. The Kier molecular flexibility index (Phi) is 3.80. The lowest BCUT2D eigenvalue weighted by Crippen LogP contribution is -2.48. The molecule has 4 rings (SSSR count). The minimum atomic E-state index is -0.976. The lowest BCUT2D eigenvalue weighted by atomic mass is 9.80. The molecule has 1 spiro atoms. The molecule has 1 aromatic rings. The van der Waals surface area contributed by atoms with Crippen molar-refractivity contribution < 1.29 is 19.1 Å². The Hall–Kier alpha value is -1.93. The number of nitrogens with one attached hydrogen (secondary N) is 1. The maximum absolute atomic E-state index is 13.0. The number of hydrogen-bond donors (Lipinski definition) is 1. The van der Waals surface area contributed by atoms with Gasteiger partial charge in [0.05, 0.1) is 13.2 Å². The van der Waals surface area contributed by atoms with Gasteiger partial charge in [0.2, 0.25) is 5.91 Å². The van der Waals surface area contributed by atoms with Gasteiger partial charge in [-0.05, 0) is 30.7 Å². The van der Waals surface area contributed by atoms with Crippen LogP contribution >= 0.6 is 11.3 Å². The van der Waals surface area contributed by atoms with Crippen LogP contribution in [0.3, 0.4) is 0 Å². The van der Waals surface area contributed by atoms with E-state index in [0.717, 1.165) is 28.2 Å². The Morgan fingerprint density at radius 2 is 2.12 bits per heavy atom. The fourth-order valence-electron chi connectivity index (χ4n) is 3.73. The number of nitrogens with zero attached hydrogens (tertiary/aromatic N) is 2. The highest BCUT2D eigenvalue weighted by Crippen LogP contribution is 2.42. The van der Waals surface area contributed by atoms with Crippen molar-refractivity contribution in [2.75, 3.05) is 32.8 Å². The fraction of sp³-hybridized carbons (Fsp3) is 0.562. The van der Waals surface area contributed by atoms with Crippen LogP contribution in [0.15, 0.2) is 11.4 Å². The molecule has 0 bridgehead atoms. The van der Waals surface area contributed by atoms with E-state index in [1.54, 1.807) is 16.2 Å². The lowest BCUT2D eigenvalue weighted by Gasteiger charge is -2.31. The molecule has 0 aromatic carbocycles. The Morgan fingerprint density at radius 3 is 2.92 bits per heavy atom. The zero-order chi connectivity index (χ0) is 16.7. The van der Waals surface area contributed by atoms with Crippen LogP contribution in [0.1, 0.15) is 23.3 Å². The number of carbonyl (C=O) groups is 3. The third-order valence-electron chi connectivity index (χ3n) is 4.99. The molecule has 128 valence electrons. The Bertz CT molecular complexity index is 697. The van der Waals surface area contributed by atoms with E-state index >= 15 is 0 Å². The number of morpholine rings is 1. The van der Waals surface area contributed by atoms with Gasteiger partial charge < -0.3 is 15.0 Å². The van der Waals surface area contributed by atoms with E-state index in [4.69, 9.17) is 4.74 Å². The predicted molar refractivity (Wildman–Crippen MR) is 86.6 cm³/mol. The number of carbonyl (C=O) groups excluding carboxylic acids is 3. The van der Waals surface area contributed by atoms with Gasteiger partial charge in [-0.25, -0.2) is 4.79 Å². The zero-order valence-corrected chi connectivity index (χ0v) is 14.1. The van der Waals surface area contributed by atoms with Gasteiger partial charge in [-0.15, -0.1) is 11.3 Å². The van der Waals surface area contributed by atoms with Crippen LogP contribution in [0.25, 0.3) is 0 Å². The molecule has 1 aliphatic carbocycles. The third kappa shape index (κ3) is 2.32. The van der Waals surface area contributed by atoms with Gasteiger partial charge >= 0.3 is 6.03 Å². The van der Waals surface area contributed by atoms with Gasteiger partial charge in [0.25, 0.3) is 5.91 Å². The number of rotatable bonds is 2. The van der Waals surface area contributed by atoms with Gasteiger partial charge in [0, 0.05) is 23.5 Å². The van der Waals surface area contributed by atoms with E-state index in [1.165, 1.54) is 0 Å². The number of ether oxygens (including phenoxy) is 1. The first-order chi connectivity index (χ1) is 11.6. The minimum absolute atomic E-state index is 0.202. The monoisotopic (exact) mass is 349 g/mol. The van der Waals surface area contributed by atoms with Gasteiger partial charge in [0.1, 0.15) is 12.1 Å². The molecule has 8 heteroatoms. The summed E-state index contributed by atoms with van der Waals surface area (Å²) in [5.41, 5.74) is -0.0749. The number of aryl methyl sites for hydroxylation is 1. The molecule has 3 aliphatic rings. The van der Waals surface area contributed by atoms with Crippen molar-refractivity contribution >= 4 is 29.2 Å². The molecule has 2 saturated heterocycles. The molecule has 2 aliphatic heterocycles. The van der Waals surface area contributed by atoms with Crippen molar-refractivity contribution in [3.8, 4) is 0 Å². The molecule has 0 saturated carbocycles. The summed E-state index contributed by atoms with van der Waals surface area (Å²) in [6.07, 6.45) is 2.37. The summed E-state index contributed by atoms with van der Waals surface area (Å²) in [5, 5.41) is 4.83. The Balaban J connectivity index is 1.56. The number of hydrogen-bond acceptors (Lipinski definition) is 5. The number of imide groups is 1. The molecule has 7 nitrogen and oxygen atoms in total. The summed E-state index contributed by atoms with van der Waals surface area (Å²) in [7, 11) is 0. The number of amides is 4. The van der Waals surface area contributed by atoms with E-state index < -0.39 is 11.6 Å². The summed E-state index contributed by atoms with van der Waals surface area (Å²) in [4.78, 5) is 41.7. The molecule has 0 unspecified atom stereocenters. The SMILES string of the molecule is O=C(CN1C(=O)N[C@]2(CCCc3sccc32)C1=O)N1CCOCC1. The summed E-state index contributed by atoms with van der Waals surface area (Å²) >= 11 is 1.62. The smallest absolute Gasteiger partial charge is 0.325 e. The number of urea groups is 1. The van der Waals surface area contributed by atoms with Crippen molar-refractivity contribution in [3.05, 3.63) is 21.9 Å². The van der Waals surface area contributed by atoms with Crippen molar-refractivity contribution in [2.24, 2.45) is 0 Å². The topological polar surface area (TPSA) is 79.0 Å². The third-order valence-corrected chi connectivity index (χ3v) is 5.97. The quantitative estimate of drug-likeness (QED) is 0.797. The normalized spacial score (nSPS) is 26.7. The minimum Gasteiger partial charge on any atom is -0.378 e. The van der Waals surface area contributed by atoms with Crippen LogP contribution in [-0.2, 0) is 26.3 Å². The molecular weight excluding hydrogens is 330 g/mol. The highest BCUT2D eigenvalue weighted by molar-refractivity contribution is 7.10. The first kappa shape index (κ1) is 15.6. The fourth-order valence-corrected chi connectivity index (χ4v) is 4.73. The Morgan fingerprint density at radius 1 is 1.33 bits per heavy atom. The molecule has 1 atom stereocenters. The second-order valence-electron chi connectivity index (χ2n) is 6.33. The molecular formula is C16H19N3O4S. The molecule has 1 N–H and O–H groups in total. The molecule has 1 aromatic heterocycles. The standard InChI is InChI=1S/C16H19N3O4S/c20-13(18-5-7-23-8-6-18)10-19-14(21)16(17-15(19)22)4-1-2-12-11(16)3-9-24-12/h3,9H,1-2,4-8,10H2,(H,17,22)/t16-/m0/s1. The van der Waals surface area contributed by atoms with Crippen LogP contribution in [0, 0.1) is 0 Å². The van der Waals surface area contributed by atoms with Gasteiger partial charge in [-0.2, -0.15) is 0 Å². The van der Waals surface area contributed by atoms with E-state index in [9.17, 15) is 14.4 Å². The van der Waals surface area contributed by atoms with Crippen LogP contribution in [0.5, 0.6) is 0 Å². The van der Waals surface area contributed by atoms with E-state index in [0.29, 0.717) is 32.7 Å². The summed E-state index contributed by atoms with van der Waals surface area (Å²) in [6, 6.07) is 1.45. The predicted octanol–water partition coefficient (Wildman–Crippen LogP) is 0.690. The van der Waals surface area contributed by atoms with Crippen molar-refractivity contribution in [1.82, 2.24) is 15.1 Å². The summed E-state index contributed by atoms with van der Waals surface area (Å²) in [5.74, 6) is -0.506. The van der Waals surface area contributed by atoms with Crippen LogP contribution < -0.4 is 5.32 Å². The molecule has 2 fully saturated rings. The van der Waals surface area contributed by atoms with Crippen LogP contribution in [0.2, 0.25) is 0 Å². The Labute approximate surface area is 143 Å². The van der Waals surface area contributed by atoms with E-state index in [2.05, 4.69) is 5.32 Å². The molecule has 4 amide bonds. The van der Waals surface area contributed by atoms with Gasteiger partial charge in [-0.1, -0.05) is 0 Å². The molecule has 3 heterocycles. The van der Waals surface area contributed by atoms with Crippen molar-refractivity contribution in [3.63, 3.8) is 0 Å². The van der Waals surface area contributed by atoms with Gasteiger partial charge in [0.15, 0.2) is 0 Å². The maximum atomic E-state index is 13.0. The second kappa shape index (κ2) is 5.86. The van der Waals surface area contributed by atoms with Crippen LogP contribution in [-0.4, -0.2) is 60.5 Å². The van der Waals surface area contributed by atoms with Crippen LogP contribution in [0.4, 0.5) is 4.79 Å². The first-order valence-corrected chi connectivity index (χ1v) is 9.06. The highest BCUT2D eigenvalue weighted by atomic mass is 32.1. The van der Waals surface area contributed by atoms with E-state index in [1.807, 2.05) is 11.4 Å². The summed E-state index contributed by atoms with van der Waals surface area (Å²) in [6.45, 7) is 1.79. The van der Waals surface area contributed by atoms with Gasteiger partial charge in [-0.3, -0.25) is 14.5 Å².